The van der Waals surface area contributed by atoms with Gasteiger partial charge in [0.2, 0.25) is 0 Å². The van der Waals surface area contributed by atoms with Crippen LogP contribution in [0.3, 0.4) is 0 Å². The highest BCUT2D eigenvalue weighted by Gasteiger charge is 2.22. The molecule has 0 saturated heterocycles. The third kappa shape index (κ3) is 1.64. The first-order chi connectivity index (χ1) is 6.68. The van der Waals surface area contributed by atoms with Gasteiger partial charge in [-0.2, -0.15) is 0 Å². The van der Waals surface area contributed by atoms with E-state index in [2.05, 4.69) is 4.98 Å². The summed E-state index contributed by atoms with van der Waals surface area (Å²) >= 11 is 5.85. The van der Waals surface area contributed by atoms with Gasteiger partial charge in [0.25, 0.3) is 0 Å². The van der Waals surface area contributed by atoms with Gasteiger partial charge in [-0.1, -0.05) is 24.4 Å². The van der Waals surface area contributed by atoms with Crippen molar-refractivity contribution in [1.82, 2.24) is 4.98 Å². The van der Waals surface area contributed by atoms with Crippen molar-refractivity contribution < 1.29 is 0 Å². The Morgan fingerprint density at radius 3 is 2.57 bits per heavy atom. The highest BCUT2D eigenvalue weighted by molar-refractivity contribution is 6.29. The fourth-order valence-electron chi connectivity index (χ4n) is 2.07. The summed E-state index contributed by atoms with van der Waals surface area (Å²) < 4.78 is 0. The van der Waals surface area contributed by atoms with Crippen molar-refractivity contribution in [2.45, 2.75) is 31.6 Å². The normalized spacial score (nSPS) is 17.5. The lowest BCUT2D eigenvalue weighted by molar-refractivity contribution is 0.701. The smallest absolute Gasteiger partial charge is 0.131 e. The Labute approximate surface area is 88.5 Å². The Bertz CT molecular complexity index is 345. The molecule has 1 aromatic rings. The molecule has 0 radical (unpaired) electrons. The molecule has 1 aliphatic carbocycles. The quantitative estimate of drug-likeness (QED) is 0.702. The van der Waals surface area contributed by atoms with E-state index >= 15 is 0 Å². The molecular formula is C10H14ClN3. The molecule has 14 heavy (non-hydrogen) atoms. The zero-order valence-corrected chi connectivity index (χ0v) is 8.72. The van der Waals surface area contributed by atoms with Crippen LogP contribution in [-0.2, 0) is 0 Å². The predicted octanol–water partition coefficient (Wildman–Crippen LogP) is 2.56. The third-order valence-electron chi connectivity index (χ3n) is 2.83. The maximum absolute atomic E-state index is 5.89. The highest BCUT2D eigenvalue weighted by atomic mass is 35.5. The number of nitrogens with two attached hydrogens (primary N) is 2. The molecule has 0 aliphatic heterocycles. The van der Waals surface area contributed by atoms with Gasteiger partial charge in [-0.3, -0.25) is 0 Å². The molecule has 1 fully saturated rings. The molecular weight excluding hydrogens is 198 g/mol. The number of nitrogens with zero attached hydrogens (tertiary/aromatic N) is 1. The molecule has 76 valence electrons. The van der Waals surface area contributed by atoms with Crippen molar-refractivity contribution in [3.05, 3.63) is 16.9 Å². The molecule has 0 unspecified atom stereocenters. The number of hydrogen-bond acceptors (Lipinski definition) is 3. The molecule has 4 heteroatoms. The number of aromatic nitrogens is 1. The summed E-state index contributed by atoms with van der Waals surface area (Å²) in [5.41, 5.74) is 13.7. The number of halogens is 1. The van der Waals surface area contributed by atoms with Crippen LogP contribution in [0.1, 0.15) is 37.3 Å². The SMILES string of the molecule is Nc1cc(Cl)nc(C2CCCC2)c1N. The van der Waals surface area contributed by atoms with E-state index in [4.69, 9.17) is 23.1 Å². The highest BCUT2D eigenvalue weighted by Crippen LogP contribution is 2.38. The van der Waals surface area contributed by atoms with Gasteiger partial charge in [0, 0.05) is 12.0 Å². The van der Waals surface area contributed by atoms with Crippen LogP contribution in [0.2, 0.25) is 5.15 Å². The number of nitrogen functional groups attached to an aromatic ring is 2. The minimum absolute atomic E-state index is 0.443. The molecule has 1 aromatic heterocycles. The van der Waals surface area contributed by atoms with Crippen LogP contribution in [0, 0.1) is 0 Å². The van der Waals surface area contributed by atoms with Gasteiger partial charge in [-0.05, 0) is 12.8 Å². The Hall–Kier alpha value is -0.960. The van der Waals surface area contributed by atoms with E-state index < -0.39 is 0 Å². The summed E-state index contributed by atoms with van der Waals surface area (Å²) in [6.07, 6.45) is 4.80. The molecule has 0 bridgehead atoms. The number of hydrogen-bond donors (Lipinski definition) is 2. The van der Waals surface area contributed by atoms with Gasteiger partial charge in [0.1, 0.15) is 5.15 Å². The van der Waals surface area contributed by atoms with E-state index in [9.17, 15) is 0 Å². The fourth-order valence-corrected chi connectivity index (χ4v) is 2.28. The van der Waals surface area contributed by atoms with E-state index in [1.165, 1.54) is 12.8 Å². The van der Waals surface area contributed by atoms with Crippen LogP contribution in [0.5, 0.6) is 0 Å². The maximum Gasteiger partial charge on any atom is 0.131 e. The topological polar surface area (TPSA) is 64.9 Å². The monoisotopic (exact) mass is 211 g/mol. The van der Waals surface area contributed by atoms with Crippen LogP contribution >= 0.6 is 11.6 Å². The van der Waals surface area contributed by atoms with E-state index in [0.717, 1.165) is 18.5 Å². The van der Waals surface area contributed by atoms with E-state index in [0.29, 0.717) is 22.4 Å². The van der Waals surface area contributed by atoms with Crippen LogP contribution in [-0.4, -0.2) is 4.98 Å². The second-order valence-electron chi connectivity index (χ2n) is 3.81. The molecule has 3 nitrogen and oxygen atoms in total. The Morgan fingerprint density at radius 2 is 1.93 bits per heavy atom. The standard InChI is InChI=1S/C10H14ClN3/c11-8-5-7(12)9(13)10(14-8)6-3-1-2-4-6/h5-6H,1-4,13H2,(H2,12,14). The van der Waals surface area contributed by atoms with E-state index in [-0.39, 0.29) is 0 Å². The van der Waals surface area contributed by atoms with Crippen molar-refractivity contribution in [2.75, 3.05) is 11.5 Å². The third-order valence-corrected chi connectivity index (χ3v) is 3.02. The molecule has 0 aromatic carbocycles. The average Bonchev–Trinajstić information content (AvgIpc) is 2.63. The summed E-state index contributed by atoms with van der Waals surface area (Å²) in [5, 5.41) is 0.443. The van der Waals surface area contributed by atoms with Crippen molar-refractivity contribution in [3.8, 4) is 0 Å². The molecule has 0 spiro atoms. The second kappa shape index (κ2) is 3.65. The van der Waals surface area contributed by atoms with Gasteiger partial charge in [-0.15, -0.1) is 0 Å². The van der Waals surface area contributed by atoms with Crippen molar-refractivity contribution in [2.24, 2.45) is 0 Å². The van der Waals surface area contributed by atoms with Crippen molar-refractivity contribution in [3.63, 3.8) is 0 Å². The molecule has 1 saturated carbocycles. The van der Waals surface area contributed by atoms with Gasteiger partial charge in [0.15, 0.2) is 0 Å². The lowest BCUT2D eigenvalue weighted by Crippen LogP contribution is -2.06. The molecule has 1 heterocycles. The van der Waals surface area contributed by atoms with Gasteiger partial charge < -0.3 is 11.5 Å². The first-order valence-electron chi connectivity index (χ1n) is 4.90. The minimum Gasteiger partial charge on any atom is -0.397 e. The Balaban J connectivity index is 2.40. The average molecular weight is 212 g/mol. The Morgan fingerprint density at radius 1 is 1.29 bits per heavy atom. The van der Waals surface area contributed by atoms with E-state index in [1.807, 2.05) is 0 Å². The number of anilines is 2. The maximum atomic E-state index is 5.89. The van der Waals surface area contributed by atoms with Gasteiger partial charge in [0.05, 0.1) is 17.1 Å². The lowest BCUT2D eigenvalue weighted by atomic mass is 10.0. The molecule has 4 N–H and O–H groups in total. The second-order valence-corrected chi connectivity index (χ2v) is 4.20. The first kappa shape index (κ1) is 9.59. The predicted molar refractivity (Wildman–Crippen MR) is 59.3 cm³/mol. The lowest BCUT2D eigenvalue weighted by Gasteiger charge is -2.13. The van der Waals surface area contributed by atoms with Gasteiger partial charge >= 0.3 is 0 Å². The zero-order valence-electron chi connectivity index (χ0n) is 7.96. The van der Waals surface area contributed by atoms with Crippen LogP contribution in [0.15, 0.2) is 6.07 Å². The van der Waals surface area contributed by atoms with Crippen LogP contribution in [0.25, 0.3) is 0 Å². The molecule has 0 atom stereocenters. The first-order valence-corrected chi connectivity index (χ1v) is 5.27. The van der Waals surface area contributed by atoms with E-state index in [1.54, 1.807) is 6.07 Å². The van der Waals surface area contributed by atoms with Crippen LogP contribution < -0.4 is 11.5 Å². The van der Waals surface area contributed by atoms with Crippen LogP contribution in [0.4, 0.5) is 11.4 Å². The molecule has 2 rings (SSSR count). The number of pyridine rings is 1. The minimum atomic E-state index is 0.443. The van der Waals surface area contributed by atoms with Gasteiger partial charge in [-0.25, -0.2) is 4.98 Å². The largest absolute Gasteiger partial charge is 0.397 e. The Kier molecular flexibility index (Phi) is 2.50. The molecule has 0 amide bonds. The number of rotatable bonds is 1. The summed E-state index contributed by atoms with van der Waals surface area (Å²) in [4.78, 5) is 4.28. The molecule has 1 aliphatic rings. The van der Waals surface area contributed by atoms with Crippen molar-refractivity contribution in [1.29, 1.82) is 0 Å². The summed E-state index contributed by atoms with van der Waals surface area (Å²) in [5.74, 6) is 0.455. The summed E-state index contributed by atoms with van der Waals surface area (Å²) in [6.45, 7) is 0. The fraction of sp³-hybridized carbons (Fsp3) is 0.500. The zero-order chi connectivity index (χ0) is 10.1. The summed E-state index contributed by atoms with van der Waals surface area (Å²) in [6, 6.07) is 1.61. The summed E-state index contributed by atoms with van der Waals surface area (Å²) in [7, 11) is 0. The van der Waals surface area contributed by atoms with Crippen molar-refractivity contribution >= 4 is 23.0 Å².